The summed E-state index contributed by atoms with van der Waals surface area (Å²) in [6.45, 7) is 1.32. The highest BCUT2D eigenvalue weighted by Crippen LogP contribution is 2.25. The van der Waals surface area contributed by atoms with Gasteiger partial charge in [0.1, 0.15) is 22.5 Å². The maximum atomic E-state index is 12.2. The summed E-state index contributed by atoms with van der Waals surface area (Å²) in [4.78, 5) is 35.3. The molecule has 9 nitrogen and oxygen atoms in total. The van der Waals surface area contributed by atoms with Crippen LogP contribution in [0, 0.1) is 0 Å². The first-order chi connectivity index (χ1) is 14.4. The largest absolute Gasteiger partial charge is 0.506 e. The Labute approximate surface area is 172 Å². The standard InChI is InChI=1S/C21H22N4O5/c1-14(26)21(29)30-12-6-2-3-9-20(28)22-15-10-11-19(27)18(13-15)25-23-16-7-4-5-8-17(16)24-25/h4-5,7-8,10-11,13,27H,2-3,6,9,12H2,1H3,(H,22,28). The fourth-order valence-electron chi connectivity index (χ4n) is 2.78. The number of carbonyl (C=O) groups is 3. The van der Waals surface area contributed by atoms with Gasteiger partial charge in [-0.05, 0) is 49.6 Å². The number of hydrogen-bond donors (Lipinski definition) is 2. The Morgan fingerprint density at radius 3 is 2.40 bits per heavy atom. The summed E-state index contributed by atoms with van der Waals surface area (Å²) in [5.41, 5.74) is 2.27. The monoisotopic (exact) mass is 410 g/mol. The molecule has 156 valence electrons. The van der Waals surface area contributed by atoms with Crippen LogP contribution in [0.4, 0.5) is 5.69 Å². The van der Waals surface area contributed by atoms with Crippen molar-refractivity contribution in [3.05, 3.63) is 42.5 Å². The number of ketones is 1. The number of ether oxygens (including phenoxy) is 1. The molecule has 0 aliphatic carbocycles. The molecule has 9 heteroatoms. The molecule has 3 aromatic rings. The SMILES string of the molecule is CC(=O)C(=O)OCCCCCC(=O)Nc1ccc(O)c(-n2nc3ccccc3n2)c1. The van der Waals surface area contributed by atoms with E-state index in [2.05, 4.69) is 15.5 Å². The predicted molar refractivity (Wildman–Crippen MR) is 109 cm³/mol. The lowest BCUT2D eigenvalue weighted by atomic mass is 10.2. The molecular weight excluding hydrogens is 388 g/mol. The van der Waals surface area contributed by atoms with Crippen LogP contribution in [-0.2, 0) is 19.1 Å². The molecule has 3 rings (SSSR count). The zero-order valence-electron chi connectivity index (χ0n) is 16.5. The number of hydrogen-bond acceptors (Lipinski definition) is 7. The Hall–Kier alpha value is -3.75. The summed E-state index contributed by atoms with van der Waals surface area (Å²) in [6.07, 6.45) is 2.17. The molecule has 1 heterocycles. The van der Waals surface area contributed by atoms with Gasteiger partial charge in [0.05, 0.1) is 6.61 Å². The van der Waals surface area contributed by atoms with Gasteiger partial charge in [0.15, 0.2) is 0 Å². The Kier molecular flexibility index (Phi) is 6.74. The van der Waals surface area contributed by atoms with Crippen molar-refractivity contribution >= 4 is 34.4 Å². The molecule has 0 saturated carbocycles. The molecule has 0 fully saturated rings. The average molecular weight is 410 g/mol. The molecule has 0 aliphatic rings. The number of nitrogens with zero attached hydrogens (tertiary/aromatic N) is 3. The third-order valence-corrected chi connectivity index (χ3v) is 4.33. The lowest BCUT2D eigenvalue weighted by Crippen LogP contribution is -2.14. The number of benzene rings is 2. The van der Waals surface area contributed by atoms with E-state index in [0.717, 1.165) is 6.92 Å². The lowest BCUT2D eigenvalue weighted by molar-refractivity contribution is -0.153. The Bertz CT molecular complexity index is 1040. The van der Waals surface area contributed by atoms with Gasteiger partial charge in [-0.15, -0.1) is 15.0 Å². The molecule has 2 aromatic carbocycles. The topological polar surface area (TPSA) is 123 Å². The minimum absolute atomic E-state index is 0.00610. The zero-order chi connectivity index (χ0) is 21.5. The van der Waals surface area contributed by atoms with Crippen molar-refractivity contribution in [1.82, 2.24) is 15.0 Å². The van der Waals surface area contributed by atoms with E-state index in [1.165, 1.54) is 10.9 Å². The number of esters is 1. The first-order valence-electron chi connectivity index (χ1n) is 9.57. The fraction of sp³-hybridized carbons (Fsp3) is 0.286. The summed E-state index contributed by atoms with van der Waals surface area (Å²) >= 11 is 0. The first-order valence-corrected chi connectivity index (χ1v) is 9.57. The van der Waals surface area contributed by atoms with Crippen molar-refractivity contribution in [3.8, 4) is 11.4 Å². The molecule has 0 unspecified atom stereocenters. The number of anilines is 1. The predicted octanol–water partition coefficient (Wildman–Crippen LogP) is 2.76. The number of carbonyl (C=O) groups excluding carboxylic acids is 3. The number of rotatable bonds is 9. The molecule has 2 N–H and O–H groups in total. The van der Waals surface area contributed by atoms with Crippen LogP contribution in [0.15, 0.2) is 42.5 Å². The van der Waals surface area contributed by atoms with Gasteiger partial charge in [0.2, 0.25) is 11.7 Å². The average Bonchev–Trinajstić information content (AvgIpc) is 3.15. The van der Waals surface area contributed by atoms with Crippen LogP contribution in [0.1, 0.15) is 32.6 Å². The summed E-state index contributed by atoms with van der Waals surface area (Å²) in [5, 5.41) is 21.6. The normalized spacial score (nSPS) is 10.7. The van der Waals surface area contributed by atoms with E-state index < -0.39 is 11.8 Å². The van der Waals surface area contributed by atoms with Gasteiger partial charge in [-0.2, -0.15) is 0 Å². The lowest BCUT2D eigenvalue weighted by Gasteiger charge is -2.09. The molecule has 0 radical (unpaired) electrons. The van der Waals surface area contributed by atoms with Gasteiger partial charge in [-0.1, -0.05) is 12.1 Å². The van der Waals surface area contributed by atoms with Gasteiger partial charge >= 0.3 is 5.97 Å². The number of aromatic nitrogens is 3. The van der Waals surface area contributed by atoms with Crippen molar-refractivity contribution in [2.45, 2.75) is 32.6 Å². The molecule has 30 heavy (non-hydrogen) atoms. The van der Waals surface area contributed by atoms with Crippen molar-refractivity contribution in [2.75, 3.05) is 11.9 Å². The Morgan fingerprint density at radius 1 is 1.03 bits per heavy atom. The number of phenolic OH excluding ortho intramolecular Hbond substituents is 1. The molecular formula is C21H22N4O5. The maximum Gasteiger partial charge on any atom is 0.374 e. The summed E-state index contributed by atoms with van der Waals surface area (Å²) < 4.78 is 4.77. The van der Waals surface area contributed by atoms with Crippen LogP contribution in [0.2, 0.25) is 0 Å². The molecule has 0 bridgehead atoms. The molecule has 0 aliphatic heterocycles. The number of fused-ring (bicyclic) bond motifs is 1. The van der Waals surface area contributed by atoms with E-state index in [1.54, 1.807) is 12.1 Å². The number of amides is 1. The highest BCUT2D eigenvalue weighted by Gasteiger charge is 2.11. The van der Waals surface area contributed by atoms with E-state index in [-0.39, 0.29) is 18.3 Å². The summed E-state index contributed by atoms with van der Waals surface area (Å²) in [5.74, 6) is -1.64. The summed E-state index contributed by atoms with van der Waals surface area (Å²) in [7, 11) is 0. The van der Waals surface area contributed by atoms with Crippen molar-refractivity contribution in [3.63, 3.8) is 0 Å². The van der Waals surface area contributed by atoms with E-state index in [1.807, 2.05) is 24.3 Å². The van der Waals surface area contributed by atoms with Crippen LogP contribution in [0.25, 0.3) is 16.7 Å². The molecule has 1 aromatic heterocycles. The fourth-order valence-corrected chi connectivity index (χ4v) is 2.78. The van der Waals surface area contributed by atoms with E-state index in [4.69, 9.17) is 4.74 Å². The van der Waals surface area contributed by atoms with Crippen LogP contribution < -0.4 is 5.32 Å². The second kappa shape index (κ2) is 9.64. The molecule has 0 spiro atoms. The Morgan fingerprint density at radius 2 is 1.73 bits per heavy atom. The smallest absolute Gasteiger partial charge is 0.374 e. The van der Waals surface area contributed by atoms with Crippen LogP contribution in [-0.4, -0.2) is 44.4 Å². The van der Waals surface area contributed by atoms with E-state index in [9.17, 15) is 19.5 Å². The minimum Gasteiger partial charge on any atom is -0.506 e. The summed E-state index contributed by atoms with van der Waals surface area (Å²) in [6, 6.07) is 12.0. The van der Waals surface area contributed by atoms with E-state index >= 15 is 0 Å². The number of Topliss-reactive ketones (excluding diaryl/α,β-unsaturated/α-hetero) is 1. The highest BCUT2D eigenvalue weighted by molar-refractivity contribution is 6.32. The number of phenols is 1. The quantitative estimate of drug-likeness (QED) is 0.241. The maximum absolute atomic E-state index is 12.2. The van der Waals surface area contributed by atoms with Crippen LogP contribution >= 0.6 is 0 Å². The zero-order valence-corrected chi connectivity index (χ0v) is 16.5. The van der Waals surface area contributed by atoms with Crippen molar-refractivity contribution in [2.24, 2.45) is 0 Å². The second-order valence-electron chi connectivity index (χ2n) is 6.73. The van der Waals surface area contributed by atoms with Gasteiger partial charge < -0.3 is 15.2 Å². The number of nitrogens with one attached hydrogen (secondary N) is 1. The third kappa shape index (κ3) is 5.40. The van der Waals surface area contributed by atoms with Gasteiger partial charge in [0.25, 0.3) is 0 Å². The van der Waals surface area contributed by atoms with Crippen LogP contribution in [0.5, 0.6) is 5.75 Å². The number of aromatic hydroxyl groups is 1. The van der Waals surface area contributed by atoms with E-state index in [0.29, 0.717) is 48.1 Å². The highest BCUT2D eigenvalue weighted by atomic mass is 16.5. The number of unbranched alkanes of at least 4 members (excludes halogenated alkanes) is 2. The molecule has 1 amide bonds. The first kappa shape index (κ1) is 21.0. The van der Waals surface area contributed by atoms with Gasteiger partial charge in [-0.3, -0.25) is 9.59 Å². The van der Waals surface area contributed by atoms with Crippen molar-refractivity contribution in [1.29, 1.82) is 0 Å². The van der Waals surface area contributed by atoms with Gasteiger partial charge in [0, 0.05) is 19.0 Å². The third-order valence-electron chi connectivity index (χ3n) is 4.33. The molecule has 0 atom stereocenters. The second-order valence-corrected chi connectivity index (χ2v) is 6.73. The van der Waals surface area contributed by atoms with Gasteiger partial charge in [-0.25, -0.2) is 4.79 Å². The molecule has 0 saturated heterocycles. The Balaban J connectivity index is 1.52. The van der Waals surface area contributed by atoms with Crippen LogP contribution in [0.3, 0.4) is 0 Å². The van der Waals surface area contributed by atoms with Crippen molar-refractivity contribution < 1.29 is 24.2 Å². The minimum atomic E-state index is -0.838.